The minimum Gasteiger partial charge on any atom is -0.392 e. The number of benzene rings is 3. The van der Waals surface area contributed by atoms with Crippen LogP contribution in [-0.4, -0.2) is 43.7 Å². The molecule has 3 fully saturated rings. The molecule has 3 aliphatic rings. The van der Waals surface area contributed by atoms with Gasteiger partial charge in [0, 0.05) is 37.2 Å². The van der Waals surface area contributed by atoms with Gasteiger partial charge in [0.2, 0.25) is 10.0 Å². The fraction of sp³-hybridized carbons (Fsp3) is 0.500. The summed E-state index contributed by atoms with van der Waals surface area (Å²) in [5, 5.41) is 9.58. The molecule has 2 N–H and O–H groups in total. The second-order valence-corrected chi connectivity index (χ2v) is 16.1. The number of rotatable bonds is 9. The normalized spacial score (nSPS) is 30.3. The summed E-state index contributed by atoms with van der Waals surface area (Å²) in [6.07, 6.45) is 2.97. The highest BCUT2D eigenvalue weighted by Gasteiger charge is 2.51. The molecule has 44 heavy (non-hydrogen) atoms. The van der Waals surface area contributed by atoms with Crippen LogP contribution in [0.15, 0.2) is 83.8 Å². The Hall–Kier alpha value is -2.59. The summed E-state index contributed by atoms with van der Waals surface area (Å²) in [6, 6.07) is 24.8. The molecule has 2 bridgehead atoms. The largest absolute Gasteiger partial charge is 0.392 e. The first-order valence-corrected chi connectivity index (χ1v) is 17.3. The highest BCUT2D eigenvalue weighted by Crippen LogP contribution is 2.53. The Morgan fingerprint density at radius 3 is 2.23 bits per heavy atom. The maximum Gasteiger partial charge on any atom is 0.240 e. The monoisotopic (exact) mass is 618 g/mol. The number of aliphatic hydroxyl groups is 1. The molecule has 0 radical (unpaired) electrons. The van der Waals surface area contributed by atoms with Gasteiger partial charge < -0.3 is 14.6 Å². The van der Waals surface area contributed by atoms with Crippen LogP contribution in [0.2, 0.25) is 0 Å². The number of sulfonamides is 1. The number of hydrogen-bond acceptors (Lipinski definition) is 6. The van der Waals surface area contributed by atoms with Crippen molar-refractivity contribution >= 4 is 10.0 Å². The van der Waals surface area contributed by atoms with E-state index in [1.165, 1.54) is 19.3 Å². The lowest BCUT2D eigenvalue weighted by Gasteiger charge is -2.43. The van der Waals surface area contributed by atoms with Crippen LogP contribution in [0.5, 0.6) is 0 Å². The predicted octanol–water partition coefficient (Wildman–Crippen LogP) is 6.35. The van der Waals surface area contributed by atoms with Gasteiger partial charge >= 0.3 is 0 Å². The zero-order valence-corrected chi connectivity index (χ0v) is 27.1. The van der Waals surface area contributed by atoms with Crippen LogP contribution in [0.1, 0.15) is 81.6 Å². The third-order valence-electron chi connectivity index (χ3n) is 9.83. The zero-order valence-electron chi connectivity index (χ0n) is 26.3. The summed E-state index contributed by atoms with van der Waals surface area (Å²) >= 11 is 0. The van der Waals surface area contributed by atoms with E-state index in [2.05, 4.69) is 49.4 Å². The van der Waals surface area contributed by atoms with Crippen molar-refractivity contribution in [3.8, 4) is 0 Å². The SMILES string of the molecule is CC1C(CN2CC3(C)CC2CC(C)(C)C3)OC(c2ccc(CNS(=O)(=O)c3ccccc3)cc2)OC1c1ccc(CO)cc1. The van der Waals surface area contributed by atoms with E-state index < -0.39 is 16.3 Å². The van der Waals surface area contributed by atoms with Gasteiger partial charge in [-0.15, -0.1) is 0 Å². The van der Waals surface area contributed by atoms with Crippen LogP contribution >= 0.6 is 0 Å². The third-order valence-corrected chi connectivity index (χ3v) is 11.2. The van der Waals surface area contributed by atoms with Crippen LogP contribution in [0, 0.1) is 16.7 Å². The van der Waals surface area contributed by atoms with E-state index in [-0.39, 0.29) is 36.2 Å². The molecule has 7 nitrogen and oxygen atoms in total. The summed E-state index contributed by atoms with van der Waals surface area (Å²) < 4.78 is 41.5. The lowest BCUT2D eigenvalue weighted by molar-refractivity contribution is -0.276. The zero-order chi connectivity index (χ0) is 31.1. The standard InChI is InChI=1S/C36H46N2O5S/c1-25-32(21-38-24-36(4)19-30(38)18-35(2,3)23-36)42-34(43-33(25)28-14-12-27(22-39)13-15-28)29-16-10-26(11-17-29)20-37-44(40,41)31-8-6-5-7-9-31/h5-17,25,30,32-34,37,39H,18-24H2,1-4H3. The van der Waals surface area contributed by atoms with Crippen LogP contribution in [0.3, 0.4) is 0 Å². The molecular formula is C36H46N2O5S. The molecule has 2 saturated heterocycles. The number of fused-ring (bicyclic) bond motifs is 2. The molecule has 0 spiro atoms. The molecule has 1 saturated carbocycles. The molecule has 1 aliphatic carbocycles. The average Bonchev–Trinajstić information content (AvgIpc) is 3.25. The summed E-state index contributed by atoms with van der Waals surface area (Å²) in [7, 11) is -3.59. The number of nitrogens with one attached hydrogen (secondary N) is 1. The summed E-state index contributed by atoms with van der Waals surface area (Å²) in [4.78, 5) is 2.92. The van der Waals surface area contributed by atoms with Crippen molar-refractivity contribution in [2.75, 3.05) is 13.1 Å². The number of ether oxygens (including phenoxy) is 2. The van der Waals surface area contributed by atoms with E-state index >= 15 is 0 Å². The number of hydrogen-bond donors (Lipinski definition) is 2. The van der Waals surface area contributed by atoms with E-state index in [1.54, 1.807) is 30.3 Å². The molecule has 6 unspecified atom stereocenters. The smallest absolute Gasteiger partial charge is 0.240 e. The molecule has 0 aromatic heterocycles. The summed E-state index contributed by atoms with van der Waals surface area (Å²) in [5.74, 6) is 0.124. The summed E-state index contributed by atoms with van der Waals surface area (Å²) in [6.45, 7) is 11.7. The second-order valence-electron chi connectivity index (χ2n) is 14.3. The lowest BCUT2D eigenvalue weighted by Crippen LogP contribution is -2.46. The van der Waals surface area contributed by atoms with Crippen LogP contribution < -0.4 is 4.72 Å². The van der Waals surface area contributed by atoms with Crippen molar-refractivity contribution in [1.29, 1.82) is 0 Å². The minimum absolute atomic E-state index is 0.00897. The fourth-order valence-corrected chi connectivity index (χ4v) is 9.04. The third kappa shape index (κ3) is 6.81. The quantitative estimate of drug-likeness (QED) is 0.291. The van der Waals surface area contributed by atoms with Gasteiger partial charge in [0.05, 0.1) is 23.7 Å². The van der Waals surface area contributed by atoms with Crippen molar-refractivity contribution in [2.45, 2.75) is 89.5 Å². The van der Waals surface area contributed by atoms with Gasteiger partial charge in [-0.25, -0.2) is 13.1 Å². The van der Waals surface area contributed by atoms with Crippen molar-refractivity contribution < 1.29 is 23.0 Å². The Balaban J connectivity index is 1.20. The average molecular weight is 619 g/mol. The Bertz CT molecular complexity index is 1530. The number of likely N-dealkylation sites (tertiary alicyclic amines) is 1. The molecule has 2 aliphatic heterocycles. The van der Waals surface area contributed by atoms with Crippen molar-refractivity contribution in [3.63, 3.8) is 0 Å². The Morgan fingerprint density at radius 1 is 0.886 bits per heavy atom. The predicted molar refractivity (Wildman–Crippen MR) is 171 cm³/mol. The maximum absolute atomic E-state index is 12.7. The summed E-state index contributed by atoms with van der Waals surface area (Å²) in [5.41, 5.74) is 4.41. The van der Waals surface area contributed by atoms with Crippen LogP contribution in [0.4, 0.5) is 0 Å². The van der Waals surface area contributed by atoms with E-state index in [1.807, 2.05) is 36.4 Å². The highest BCUT2D eigenvalue weighted by molar-refractivity contribution is 7.89. The Labute approximate surface area is 262 Å². The topological polar surface area (TPSA) is 88.1 Å². The highest BCUT2D eigenvalue weighted by atomic mass is 32.2. The molecule has 6 rings (SSSR count). The molecule has 236 valence electrons. The van der Waals surface area contributed by atoms with Crippen molar-refractivity contribution in [3.05, 3.63) is 101 Å². The van der Waals surface area contributed by atoms with Gasteiger partial charge in [-0.2, -0.15) is 0 Å². The van der Waals surface area contributed by atoms with Crippen LogP contribution in [0.25, 0.3) is 0 Å². The van der Waals surface area contributed by atoms with Gasteiger partial charge in [-0.05, 0) is 58.9 Å². The van der Waals surface area contributed by atoms with E-state index in [4.69, 9.17) is 9.47 Å². The number of nitrogens with zero attached hydrogens (tertiary/aromatic N) is 1. The first-order valence-electron chi connectivity index (χ1n) is 15.8. The molecule has 6 atom stereocenters. The van der Waals surface area contributed by atoms with Gasteiger partial charge in [-0.1, -0.05) is 94.4 Å². The van der Waals surface area contributed by atoms with E-state index in [9.17, 15) is 13.5 Å². The minimum atomic E-state index is -3.59. The van der Waals surface area contributed by atoms with Crippen molar-refractivity contribution in [2.24, 2.45) is 16.7 Å². The van der Waals surface area contributed by atoms with Gasteiger partial charge in [0.15, 0.2) is 6.29 Å². The molecule has 3 aromatic carbocycles. The van der Waals surface area contributed by atoms with E-state index in [0.29, 0.717) is 16.9 Å². The Kier molecular flexibility index (Phi) is 8.78. The second kappa shape index (κ2) is 12.3. The van der Waals surface area contributed by atoms with Gasteiger partial charge in [0.25, 0.3) is 0 Å². The molecule has 8 heteroatoms. The molecule has 3 aromatic rings. The molecule has 2 heterocycles. The van der Waals surface area contributed by atoms with Gasteiger partial charge in [-0.3, -0.25) is 4.90 Å². The van der Waals surface area contributed by atoms with E-state index in [0.717, 1.165) is 35.3 Å². The molecular weight excluding hydrogens is 572 g/mol. The number of aliphatic hydroxyl groups excluding tert-OH is 1. The first kappa shape index (κ1) is 31.4. The fourth-order valence-electron chi connectivity index (χ4n) is 8.00. The Morgan fingerprint density at radius 2 is 1.55 bits per heavy atom. The van der Waals surface area contributed by atoms with Crippen LogP contribution in [-0.2, 0) is 32.6 Å². The first-order chi connectivity index (χ1) is 20.9. The van der Waals surface area contributed by atoms with Crippen molar-refractivity contribution in [1.82, 2.24) is 9.62 Å². The van der Waals surface area contributed by atoms with Gasteiger partial charge in [0.1, 0.15) is 0 Å². The lowest BCUT2D eigenvalue weighted by atomic mass is 9.65. The molecule has 0 amide bonds. The maximum atomic E-state index is 12.7.